The van der Waals surface area contributed by atoms with Gasteiger partial charge in [-0.15, -0.1) is 22.7 Å². The van der Waals surface area contributed by atoms with Gasteiger partial charge < -0.3 is 0 Å². The Kier molecular flexibility index (Phi) is 5.19. The summed E-state index contributed by atoms with van der Waals surface area (Å²) in [6.45, 7) is 0. The minimum atomic E-state index is -0.229. The van der Waals surface area contributed by atoms with Crippen LogP contribution in [0, 0.1) is 9.39 Å². The van der Waals surface area contributed by atoms with E-state index in [4.69, 9.17) is 10.1 Å². The van der Waals surface area contributed by atoms with Crippen LogP contribution in [-0.4, -0.2) is 10.7 Å². The number of nitrogens with zero attached hydrogens (tertiary/aromatic N) is 3. The molecule has 0 amide bonds. The van der Waals surface area contributed by atoms with Crippen molar-refractivity contribution in [3.05, 3.63) is 91.3 Å². The van der Waals surface area contributed by atoms with Gasteiger partial charge in [-0.25, -0.2) is 14.4 Å². The molecule has 29 heavy (non-hydrogen) atoms. The molecule has 2 aromatic carbocycles. The molecular formula is C22H15FIN3S2. The number of benzene rings is 2. The molecule has 7 heteroatoms. The van der Waals surface area contributed by atoms with E-state index in [1.54, 1.807) is 22.7 Å². The van der Waals surface area contributed by atoms with Crippen molar-refractivity contribution in [2.24, 2.45) is 5.10 Å². The SMILES string of the molecule is Fc1ccc([C@H]2CC(c3cccs3)=NN2c2nc(-c3ccc(I)cc3)cs2)cc1. The Morgan fingerprint density at radius 2 is 1.79 bits per heavy atom. The highest BCUT2D eigenvalue weighted by Crippen LogP contribution is 2.39. The molecule has 0 saturated heterocycles. The molecule has 0 unspecified atom stereocenters. The minimum absolute atomic E-state index is 0.00317. The van der Waals surface area contributed by atoms with E-state index in [1.807, 2.05) is 23.2 Å². The predicted octanol–water partition coefficient (Wildman–Crippen LogP) is 6.97. The van der Waals surface area contributed by atoms with Crippen LogP contribution < -0.4 is 5.01 Å². The van der Waals surface area contributed by atoms with Crippen LogP contribution in [0.4, 0.5) is 9.52 Å². The van der Waals surface area contributed by atoms with E-state index >= 15 is 0 Å². The molecule has 144 valence electrons. The van der Waals surface area contributed by atoms with Crippen LogP contribution in [0.25, 0.3) is 11.3 Å². The third kappa shape index (κ3) is 3.86. The summed E-state index contributed by atoms with van der Waals surface area (Å²) in [5.41, 5.74) is 4.11. The molecule has 1 atom stereocenters. The highest BCUT2D eigenvalue weighted by Gasteiger charge is 2.32. The molecule has 5 rings (SSSR count). The van der Waals surface area contributed by atoms with Gasteiger partial charge in [0.2, 0.25) is 5.13 Å². The van der Waals surface area contributed by atoms with E-state index in [0.717, 1.165) is 39.0 Å². The zero-order valence-electron chi connectivity index (χ0n) is 15.1. The van der Waals surface area contributed by atoms with Crippen molar-refractivity contribution in [3.63, 3.8) is 0 Å². The zero-order valence-corrected chi connectivity index (χ0v) is 18.9. The second-order valence-electron chi connectivity index (χ2n) is 6.66. The molecule has 0 spiro atoms. The number of anilines is 1. The van der Waals surface area contributed by atoms with E-state index in [9.17, 15) is 4.39 Å². The summed E-state index contributed by atoms with van der Waals surface area (Å²) < 4.78 is 14.7. The Morgan fingerprint density at radius 1 is 1.00 bits per heavy atom. The maximum absolute atomic E-state index is 13.5. The molecular weight excluding hydrogens is 516 g/mol. The molecule has 0 radical (unpaired) electrons. The number of halogens is 2. The summed E-state index contributed by atoms with van der Waals surface area (Å²) >= 11 is 5.57. The number of aromatic nitrogens is 1. The topological polar surface area (TPSA) is 28.5 Å². The molecule has 0 aliphatic carbocycles. The van der Waals surface area contributed by atoms with Crippen molar-refractivity contribution < 1.29 is 4.39 Å². The number of hydrogen-bond donors (Lipinski definition) is 0. The van der Waals surface area contributed by atoms with E-state index in [0.29, 0.717) is 0 Å². The van der Waals surface area contributed by atoms with Crippen molar-refractivity contribution in [1.82, 2.24) is 4.98 Å². The molecule has 2 aromatic heterocycles. The number of thiophene rings is 1. The van der Waals surface area contributed by atoms with Gasteiger partial charge in [-0.2, -0.15) is 5.10 Å². The maximum atomic E-state index is 13.5. The van der Waals surface area contributed by atoms with Crippen LogP contribution >= 0.6 is 45.3 Å². The van der Waals surface area contributed by atoms with Crippen molar-refractivity contribution in [3.8, 4) is 11.3 Å². The first-order valence-corrected chi connectivity index (χ1v) is 11.9. The first kappa shape index (κ1) is 18.9. The molecule has 0 saturated carbocycles. The van der Waals surface area contributed by atoms with Crippen LogP contribution in [-0.2, 0) is 0 Å². The lowest BCUT2D eigenvalue weighted by Crippen LogP contribution is -2.18. The van der Waals surface area contributed by atoms with Gasteiger partial charge in [-0.3, -0.25) is 0 Å². The highest BCUT2D eigenvalue weighted by atomic mass is 127. The van der Waals surface area contributed by atoms with Gasteiger partial charge in [-0.05, 0) is 63.9 Å². The number of hydrogen-bond acceptors (Lipinski definition) is 5. The third-order valence-corrected chi connectivity index (χ3v) is 7.27. The smallest absolute Gasteiger partial charge is 0.207 e. The summed E-state index contributed by atoms with van der Waals surface area (Å²) in [4.78, 5) is 6.03. The second-order valence-corrected chi connectivity index (χ2v) is 9.69. The van der Waals surface area contributed by atoms with E-state index in [1.165, 1.54) is 15.7 Å². The highest BCUT2D eigenvalue weighted by molar-refractivity contribution is 14.1. The average molecular weight is 531 g/mol. The van der Waals surface area contributed by atoms with Crippen molar-refractivity contribution in [1.29, 1.82) is 0 Å². The zero-order chi connectivity index (χ0) is 19.8. The van der Waals surface area contributed by atoms with Gasteiger partial charge in [0.1, 0.15) is 5.82 Å². The lowest BCUT2D eigenvalue weighted by atomic mass is 10.0. The van der Waals surface area contributed by atoms with Crippen LogP contribution in [0.15, 0.2) is 76.5 Å². The van der Waals surface area contributed by atoms with E-state index in [2.05, 4.69) is 63.7 Å². The van der Waals surface area contributed by atoms with Crippen LogP contribution in [0.5, 0.6) is 0 Å². The van der Waals surface area contributed by atoms with Gasteiger partial charge >= 0.3 is 0 Å². The molecule has 3 heterocycles. The van der Waals surface area contributed by atoms with Crippen LogP contribution in [0.2, 0.25) is 0 Å². The maximum Gasteiger partial charge on any atom is 0.207 e. The lowest BCUT2D eigenvalue weighted by Gasteiger charge is -2.21. The van der Waals surface area contributed by atoms with Gasteiger partial charge in [0.15, 0.2) is 0 Å². The number of rotatable bonds is 4. The minimum Gasteiger partial charge on any atom is -0.231 e. The molecule has 0 N–H and O–H groups in total. The third-order valence-electron chi connectivity index (χ3n) is 4.80. The summed E-state index contributed by atoms with van der Waals surface area (Å²) in [6, 6.07) is 19.2. The van der Waals surface area contributed by atoms with Gasteiger partial charge in [0.25, 0.3) is 0 Å². The van der Waals surface area contributed by atoms with Gasteiger partial charge in [0, 0.05) is 20.9 Å². The Balaban J connectivity index is 1.52. The standard InChI is InChI=1S/C22H15FIN3S2/c23-16-7-3-15(4-8-16)20-12-18(21-2-1-11-28-21)26-27(20)22-25-19(13-29-22)14-5-9-17(24)10-6-14/h1-11,13,20H,12H2/t20-/m1/s1. The fourth-order valence-corrected chi connectivity index (χ4v) is 5.26. The molecule has 1 aliphatic heterocycles. The summed E-state index contributed by atoms with van der Waals surface area (Å²) in [5.74, 6) is -0.229. The number of hydrazone groups is 1. The van der Waals surface area contributed by atoms with Gasteiger partial charge in [0.05, 0.1) is 22.3 Å². The molecule has 3 nitrogen and oxygen atoms in total. The Labute approximate surface area is 189 Å². The van der Waals surface area contributed by atoms with Gasteiger partial charge in [-0.1, -0.05) is 30.3 Å². The predicted molar refractivity (Wildman–Crippen MR) is 127 cm³/mol. The molecule has 1 aliphatic rings. The normalized spacial score (nSPS) is 16.3. The monoisotopic (exact) mass is 531 g/mol. The van der Waals surface area contributed by atoms with Crippen molar-refractivity contribution in [2.75, 3.05) is 5.01 Å². The Hall–Kier alpha value is -2.10. The number of thiazole rings is 1. The first-order valence-electron chi connectivity index (χ1n) is 9.05. The van der Waals surface area contributed by atoms with Crippen LogP contribution in [0.1, 0.15) is 22.9 Å². The summed E-state index contributed by atoms with van der Waals surface area (Å²) in [6.07, 6.45) is 0.768. The van der Waals surface area contributed by atoms with E-state index in [-0.39, 0.29) is 11.9 Å². The fraction of sp³-hybridized carbons (Fsp3) is 0.0909. The second kappa shape index (κ2) is 7.97. The summed E-state index contributed by atoms with van der Waals surface area (Å²) in [5, 5.41) is 11.9. The quantitative estimate of drug-likeness (QED) is 0.266. The lowest BCUT2D eigenvalue weighted by molar-refractivity contribution is 0.624. The molecule has 4 aromatic rings. The Morgan fingerprint density at radius 3 is 2.52 bits per heavy atom. The summed E-state index contributed by atoms with van der Waals surface area (Å²) in [7, 11) is 0. The fourth-order valence-electron chi connectivity index (χ4n) is 3.35. The van der Waals surface area contributed by atoms with Crippen molar-refractivity contribution >= 4 is 56.1 Å². The van der Waals surface area contributed by atoms with Crippen molar-refractivity contribution in [2.45, 2.75) is 12.5 Å². The molecule has 0 bridgehead atoms. The molecule has 0 fully saturated rings. The largest absolute Gasteiger partial charge is 0.231 e. The Bertz CT molecular complexity index is 1150. The first-order chi connectivity index (χ1) is 14.2. The average Bonchev–Trinajstić information content (AvgIpc) is 3.48. The van der Waals surface area contributed by atoms with Crippen LogP contribution in [0.3, 0.4) is 0 Å². The van der Waals surface area contributed by atoms with E-state index < -0.39 is 0 Å².